The van der Waals surface area contributed by atoms with Crippen LogP contribution in [0.1, 0.15) is 52.9 Å². The average molecular weight is 300 g/mol. The van der Waals surface area contributed by atoms with Crippen LogP contribution in [-0.2, 0) is 4.79 Å². The van der Waals surface area contributed by atoms with E-state index in [1.165, 1.54) is 0 Å². The number of carboxylic acid groups (broad SMARTS) is 1. The summed E-state index contributed by atoms with van der Waals surface area (Å²) >= 11 is 0. The molecule has 6 heteroatoms. The molecular formula is C15H28N2O4. The number of hydrogen-bond acceptors (Lipinski definition) is 3. The van der Waals surface area contributed by atoms with E-state index in [0.717, 1.165) is 6.42 Å². The van der Waals surface area contributed by atoms with Gasteiger partial charge in [0.15, 0.2) is 0 Å². The molecule has 21 heavy (non-hydrogen) atoms. The van der Waals surface area contributed by atoms with Crippen LogP contribution in [-0.4, -0.2) is 40.4 Å². The molecule has 0 saturated heterocycles. The van der Waals surface area contributed by atoms with E-state index in [1.54, 1.807) is 6.92 Å². The molecule has 0 heterocycles. The third-order valence-corrected chi connectivity index (χ3v) is 4.69. The number of carbonyl (C=O) groups excluding carboxylic acids is 1. The lowest BCUT2D eigenvalue weighted by Gasteiger charge is -2.31. The van der Waals surface area contributed by atoms with Gasteiger partial charge >= 0.3 is 12.0 Å². The van der Waals surface area contributed by atoms with Crippen LogP contribution >= 0.6 is 0 Å². The molecule has 1 fully saturated rings. The topological polar surface area (TPSA) is 98.7 Å². The molecule has 0 radical (unpaired) electrons. The van der Waals surface area contributed by atoms with Gasteiger partial charge in [-0.3, -0.25) is 4.79 Å². The van der Waals surface area contributed by atoms with Crippen LogP contribution in [0.5, 0.6) is 0 Å². The molecule has 6 nitrogen and oxygen atoms in total. The fourth-order valence-corrected chi connectivity index (χ4v) is 2.59. The maximum Gasteiger partial charge on any atom is 0.315 e. The molecule has 0 aromatic rings. The Morgan fingerprint density at radius 1 is 1.29 bits per heavy atom. The Bertz CT molecular complexity index is 363. The number of carbonyl (C=O) groups is 2. The highest BCUT2D eigenvalue weighted by atomic mass is 16.4. The summed E-state index contributed by atoms with van der Waals surface area (Å²) in [6, 6.07) is -0.272. The minimum atomic E-state index is -0.924. The summed E-state index contributed by atoms with van der Waals surface area (Å²) in [5, 5.41) is 24.7. The molecule has 1 aliphatic carbocycles. The fraction of sp³-hybridized carbons (Fsp3) is 0.867. The zero-order valence-corrected chi connectivity index (χ0v) is 13.2. The number of carboxylic acids is 1. The van der Waals surface area contributed by atoms with Gasteiger partial charge in [0.1, 0.15) is 0 Å². The van der Waals surface area contributed by atoms with Crippen LogP contribution in [0.4, 0.5) is 4.79 Å². The second-order valence-corrected chi connectivity index (χ2v) is 6.38. The molecule has 0 aliphatic heterocycles. The van der Waals surface area contributed by atoms with Gasteiger partial charge in [0.25, 0.3) is 0 Å². The van der Waals surface area contributed by atoms with Crippen molar-refractivity contribution in [1.82, 2.24) is 10.6 Å². The Kier molecular flexibility index (Phi) is 6.45. The molecular weight excluding hydrogens is 272 g/mol. The van der Waals surface area contributed by atoms with Crippen molar-refractivity contribution in [3.8, 4) is 0 Å². The van der Waals surface area contributed by atoms with Gasteiger partial charge < -0.3 is 20.8 Å². The molecule has 1 rings (SSSR count). The first kappa shape index (κ1) is 17.8. The van der Waals surface area contributed by atoms with E-state index in [2.05, 4.69) is 10.6 Å². The van der Waals surface area contributed by atoms with Crippen molar-refractivity contribution in [3.63, 3.8) is 0 Å². The number of aliphatic hydroxyl groups is 1. The number of rotatable bonds is 6. The highest BCUT2D eigenvalue weighted by molar-refractivity contribution is 5.74. The Morgan fingerprint density at radius 3 is 2.33 bits per heavy atom. The van der Waals surface area contributed by atoms with E-state index in [4.69, 9.17) is 5.11 Å². The fourth-order valence-electron chi connectivity index (χ4n) is 2.59. The molecule has 0 aromatic carbocycles. The number of hydrogen-bond donors (Lipinski definition) is 4. The molecule has 1 saturated carbocycles. The van der Waals surface area contributed by atoms with Crippen molar-refractivity contribution in [2.75, 3.05) is 6.54 Å². The van der Waals surface area contributed by atoms with Crippen LogP contribution in [0.3, 0.4) is 0 Å². The molecule has 1 aliphatic rings. The summed E-state index contributed by atoms with van der Waals surface area (Å²) in [4.78, 5) is 22.7. The first-order valence-corrected chi connectivity index (χ1v) is 7.75. The van der Waals surface area contributed by atoms with Crippen LogP contribution in [0.25, 0.3) is 0 Å². The zero-order chi connectivity index (χ0) is 16.0. The molecule has 2 amide bonds. The minimum Gasteiger partial charge on any atom is -0.481 e. The summed E-state index contributed by atoms with van der Waals surface area (Å²) < 4.78 is 0. The molecule has 122 valence electrons. The molecule has 2 atom stereocenters. The van der Waals surface area contributed by atoms with Crippen LogP contribution in [0, 0.1) is 11.8 Å². The first-order chi connectivity index (χ1) is 9.76. The normalized spacial score (nSPS) is 26.5. The van der Waals surface area contributed by atoms with Gasteiger partial charge in [-0.1, -0.05) is 20.3 Å². The van der Waals surface area contributed by atoms with Crippen LogP contribution in [0.15, 0.2) is 0 Å². The Labute approximate surface area is 126 Å². The molecule has 0 bridgehead atoms. The Morgan fingerprint density at radius 2 is 1.86 bits per heavy atom. The summed E-state index contributed by atoms with van der Waals surface area (Å²) in [5.41, 5.74) is -0.924. The Balaban J connectivity index is 2.30. The third kappa shape index (κ3) is 5.53. The highest BCUT2D eigenvalue weighted by Crippen LogP contribution is 2.24. The van der Waals surface area contributed by atoms with E-state index in [1.807, 2.05) is 13.8 Å². The second kappa shape index (κ2) is 7.64. The van der Waals surface area contributed by atoms with Crippen molar-refractivity contribution in [3.05, 3.63) is 0 Å². The first-order valence-electron chi connectivity index (χ1n) is 7.75. The van der Waals surface area contributed by atoms with Gasteiger partial charge in [-0.15, -0.1) is 0 Å². The van der Waals surface area contributed by atoms with Crippen molar-refractivity contribution >= 4 is 12.0 Å². The number of nitrogens with one attached hydrogen (secondary N) is 2. The van der Waals surface area contributed by atoms with Gasteiger partial charge in [0.2, 0.25) is 0 Å². The van der Waals surface area contributed by atoms with Crippen molar-refractivity contribution < 1.29 is 19.8 Å². The summed E-state index contributed by atoms with van der Waals surface area (Å²) in [5.74, 6) is -0.927. The summed E-state index contributed by atoms with van der Waals surface area (Å²) in [6.45, 7) is 5.88. The van der Waals surface area contributed by atoms with Crippen molar-refractivity contribution in [2.45, 2.75) is 64.5 Å². The van der Waals surface area contributed by atoms with Crippen LogP contribution in [0.2, 0.25) is 0 Å². The lowest BCUT2D eigenvalue weighted by molar-refractivity contribution is -0.142. The molecule has 0 aromatic heterocycles. The van der Waals surface area contributed by atoms with Crippen LogP contribution < -0.4 is 10.6 Å². The predicted octanol–water partition coefficient (Wildman–Crippen LogP) is 1.73. The number of aliphatic carboxylic acids is 1. The van der Waals surface area contributed by atoms with E-state index in [9.17, 15) is 14.7 Å². The summed E-state index contributed by atoms with van der Waals surface area (Å²) in [7, 11) is 0. The maximum atomic E-state index is 11.8. The molecule has 2 unspecified atom stereocenters. The van der Waals surface area contributed by atoms with Gasteiger partial charge in [-0.25, -0.2) is 4.79 Å². The third-order valence-electron chi connectivity index (χ3n) is 4.69. The lowest BCUT2D eigenvalue weighted by Crippen LogP contribution is -2.50. The predicted molar refractivity (Wildman–Crippen MR) is 80.0 cm³/mol. The quantitative estimate of drug-likeness (QED) is 0.600. The second-order valence-electron chi connectivity index (χ2n) is 6.38. The number of amides is 2. The SMILES string of the molecule is CCC(C)C(C)(O)CNC(=O)NC1CCC(C(=O)O)CC1. The van der Waals surface area contributed by atoms with E-state index < -0.39 is 11.6 Å². The monoisotopic (exact) mass is 300 g/mol. The smallest absolute Gasteiger partial charge is 0.315 e. The summed E-state index contributed by atoms with van der Waals surface area (Å²) in [6.07, 6.45) is 3.42. The lowest BCUT2D eigenvalue weighted by atomic mass is 9.86. The van der Waals surface area contributed by atoms with Gasteiger partial charge in [0, 0.05) is 12.6 Å². The van der Waals surface area contributed by atoms with E-state index in [0.29, 0.717) is 25.7 Å². The number of urea groups is 1. The largest absolute Gasteiger partial charge is 0.481 e. The van der Waals surface area contributed by atoms with E-state index >= 15 is 0 Å². The van der Waals surface area contributed by atoms with Crippen molar-refractivity contribution in [2.24, 2.45) is 11.8 Å². The van der Waals surface area contributed by atoms with Gasteiger partial charge in [-0.2, -0.15) is 0 Å². The molecule has 4 N–H and O–H groups in total. The maximum absolute atomic E-state index is 11.8. The molecule has 0 spiro atoms. The standard InChI is InChI=1S/C15H28N2O4/c1-4-10(2)15(3,21)9-16-14(20)17-12-7-5-11(6-8-12)13(18)19/h10-12,21H,4-9H2,1-3H3,(H,18,19)(H2,16,17,20). The average Bonchev–Trinajstić information content (AvgIpc) is 2.45. The van der Waals surface area contributed by atoms with Gasteiger partial charge in [0.05, 0.1) is 11.5 Å². The zero-order valence-electron chi connectivity index (χ0n) is 13.2. The highest BCUT2D eigenvalue weighted by Gasteiger charge is 2.29. The minimum absolute atomic E-state index is 0.0224. The Hall–Kier alpha value is -1.30. The van der Waals surface area contributed by atoms with E-state index in [-0.39, 0.29) is 30.5 Å². The van der Waals surface area contributed by atoms with Crippen molar-refractivity contribution in [1.29, 1.82) is 0 Å². The van der Waals surface area contributed by atoms with Gasteiger partial charge in [-0.05, 0) is 38.5 Å².